The van der Waals surface area contributed by atoms with E-state index in [0.29, 0.717) is 28.4 Å². The van der Waals surface area contributed by atoms with Crippen molar-refractivity contribution in [3.63, 3.8) is 0 Å². The molecule has 0 heterocycles. The molecule has 15 heteroatoms. The number of alkyl halides is 9. The van der Waals surface area contributed by atoms with Crippen molar-refractivity contribution in [1.82, 2.24) is 4.31 Å². The minimum Gasteiger partial charge on any atom is -0.369 e. The average Bonchev–Trinajstić information content (AvgIpc) is 2.75. The first-order valence-corrected chi connectivity index (χ1v) is 12.1. The Kier molecular flexibility index (Phi) is 12.2. The molecule has 0 aliphatic rings. The monoisotopic (exact) mass is 563 g/mol. The number of nitrogens with zero attached hydrogens (tertiary/aromatic N) is 1. The van der Waals surface area contributed by atoms with Crippen molar-refractivity contribution in [2.24, 2.45) is 0 Å². The fraction of sp³-hybridized carbons (Fsp3) is 0.714. The Morgan fingerprint density at radius 1 is 0.889 bits per heavy atom. The zero-order valence-corrected chi connectivity index (χ0v) is 21.0. The van der Waals surface area contributed by atoms with Crippen LogP contribution in [0.5, 0.6) is 0 Å². The van der Waals surface area contributed by atoms with Crippen LogP contribution in [0.25, 0.3) is 0 Å². The summed E-state index contributed by atoms with van der Waals surface area (Å²) in [5.74, 6) is 0.00826. The van der Waals surface area contributed by atoms with Crippen LogP contribution in [0.15, 0.2) is 24.3 Å². The minimum atomic E-state index is -5.84. The SMILES string of the molecule is CCC(C)S(=O)(=O)N(COC)CC(F)(F)F.CCC(C)c1ccc(C(O)(C(F)(F)F)C(F)(F)F)cc1. The minimum absolute atomic E-state index is 0.00826. The molecule has 0 aliphatic carbocycles. The van der Waals surface area contributed by atoms with Gasteiger partial charge in [0.25, 0.3) is 5.60 Å². The van der Waals surface area contributed by atoms with Crippen molar-refractivity contribution >= 4 is 10.0 Å². The lowest BCUT2D eigenvalue weighted by Gasteiger charge is -2.32. The standard InChI is InChI=1S/C13H14F6O.C8H16F3NO3S/c1-3-8(2)9-4-6-10(7-5-9)11(20,12(14,15)16)13(17,18)19;1-4-7(2)16(13,14)12(6-15-3)5-8(9,10)11/h4-8,20H,3H2,1-2H3;7H,4-6H2,1-3H3. The molecular formula is C21H30F9NO4S. The largest absolute Gasteiger partial charge is 0.430 e. The Labute approximate surface area is 204 Å². The predicted octanol–water partition coefficient (Wildman–Crippen LogP) is 6.10. The normalized spacial score (nSPS) is 15.3. The first-order valence-electron chi connectivity index (χ1n) is 10.6. The molecule has 0 fully saturated rings. The third kappa shape index (κ3) is 8.77. The number of hydrogen-bond acceptors (Lipinski definition) is 4. The van der Waals surface area contributed by atoms with Crippen molar-refractivity contribution in [3.8, 4) is 0 Å². The topological polar surface area (TPSA) is 66.8 Å². The molecule has 0 bridgehead atoms. The first-order chi connectivity index (χ1) is 16.1. The molecule has 1 aromatic carbocycles. The first kappa shape index (κ1) is 34.4. The van der Waals surface area contributed by atoms with Gasteiger partial charge in [-0.2, -0.15) is 43.8 Å². The van der Waals surface area contributed by atoms with E-state index < -0.39 is 58.2 Å². The summed E-state index contributed by atoms with van der Waals surface area (Å²) in [5.41, 5.74) is -5.47. The molecule has 0 spiro atoms. The average molecular weight is 564 g/mol. The van der Waals surface area contributed by atoms with E-state index in [4.69, 9.17) is 0 Å². The van der Waals surface area contributed by atoms with Crippen LogP contribution in [0.4, 0.5) is 39.5 Å². The highest BCUT2D eigenvalue weighted by molar-refractivity contribution is 7.89. The lowest BCUT2D eigenvalue weighted by Crippen LogP contribution is -2.53. The van der Waals surface area contributed by atoms with Crippen molar-refractivity contribution in [2.45, 2.75) is 75.8 Å². The highest BCUT2D eigenvalue weighted by atomic mass is 32.2. The van der Waals surface area contributed by atoms with Crippen LogP contribution >= 0.6 is 0 Å². The molecule has 36 heavy (non-hydrogen) atoms. The van der Waals surface area contributed by atoms with Crippen LogP contribution in [-0.2, 0) is 20.4 Å². The van der Waals surface area contributed by atoms with Crippen LogP contribution in [-0.4, -0.2) is 62.0 Å². The van der Waals surface area contributed by atoms with E-state index in [1.807, 2.05) is 6.92 Å². The van der Waals surface area contributed by atoms with Crippen molar-refractivity contribution in [1.29, 1.82) is 0 Å². The lowest BCUT2D eigenvalue weighted by atomic mass is 9.89. The third-order valence-electron chi connectivity index (χ3n) is 5.40. The van der Waals surface area contributed by atoms with E-state index in [9.17, 15) is 53.0 Å². The van der Waals surface area contributed by atoms with E-state index >= 15 is 0 Å². The van der Waals surface area contributed by atoms with Crippen LogP contribution < -0.4 is 0 Å². The Hall–Kier alpha value is -1.58. The number of methoxy groups -OCH3 is 1. The molecule has 0 saturated carbocycles. The second-order valence-corrected chi connectivity index (χ2v) is 10.4. The Morgan fingerprint density at radius 2 is 1.33 bits per heavy atom. The fourth-order valence-corrected chi connectivity index (χ4v) is 4.30. The second-order valence-electron chi connectivity index (χ2n) is 8.04. The second kappa shape index (κ2) is 12.8. The zero-order chi connectivity index (χ0) is 28.8. The lowest BCUT2D eigenvalue weighted by molar-refractivity contribution is -0.376. The van der Waals surface area contributed by atoms with Crippen LogP contribution in [0.2, 0.25) is 0 Å². The van der Waals surface area contributed by atoms with Crippen LogP contribution in [0, 0.1) is 0 Å². The van der Waals surface area contributed by atoms with Crippen molar-refractivity contribution in [2.75, 3.05) is 20.4 Å². The summed E-state index contributed by atoms with van der Waals surface area (Å²) in [6, 6.07) is 3.68. The quantitative estimate of drug-likeness (QED) is 0.292. The summed E-state index contributed by atoms with van der Waals surface area (Å²) in [6.07, 6.45) is -15.3. The summed E-state index contributed by atoms with van der Waals surface area (Å²) in [6.45, 7) is 4.50. The number of ether oxygens (including phenoxy) is 1. The highest BCUT2D eigenvalue weighted by Crippen LogP contribution is 2.50. The van der Waals surface area contributed by atoms with E-state index in [-0.39, 0.29) is 12.3 Å². The van der Waals surface area contributed by atoms with Crippen molar-refractivity contribution in [3.05, 3.63) is 35.4 Å². The Morgan fingerprint density at radius 3 is 1.64 bits per heavy atom. The Bertz CT molecular complexity index is 884. The molecule has 0 saturated heterocycles. The molecule has 0 radical (unpaired) electrons. The number of hydrogen-bond donors (Lipinski definition) is 1. The van der Waals surface area contributed by atoms with E-state index in [2.05, 4.69) is 4.74 Å². The summed E-state index contributed by atoms with van der Waals surface area (Å²) in [4.78, 5) is 0. The molecule has 2 unspecified atom stereocenters. The van der Waals surface area contributed by atoms with Gasteiger partial charge in [0.05, 0.1) is 5.25 Å². The Balaban J connectivity index is 0.000000700. The maximum atomic E-state index is 12.6. The number of halogens is 9. The summed E-state index contributed by atoms with van der Waals surface area (Å²) in [5, 5.41) is 8.34. The third-order valence-corrected chi connectivity index (χ3v) is 7.71. The van der Waals surface area contributed by atoms with Gasteiger partial charge < -0.3 is 9.84 Å². The molecular weight excluding hydrogens is 533 g/mol. The van der Waals surface area contributed by atoms with E-state index in [1.165, 1.54) is 19.1 Å². The molecule has 212 valence electrons. The molecule has 0 aromatic heterocycles. The smallest absolute Gasteiger partial charge is 0.369 e. The predicted molar refractivity (Wildman–Crippen MR) is 114 cm³/mol. The van der Waals surface area contributed by atoms with Gasteiger partial charge in [-0.05, 0) is 31.2 Å². The van der Waals surface area contributed by atoms with Gasteiger partial charge in [0, 0.05) is 12.7 Å². The molecule has 0 aliphatic heterocycles. The molecule has 0 amide bonds. The van der Waals surface area contributed by atoms with Gasteiger partial charge in [0.1, 0.15) is 13.3 Å². The summed E-state index contributed by atoms with van der Waals surface area (Å²) in [7, 11) is -2.81. The van der Waals surface area contributed by atoms with Gasteiger partial charge in [-0.25, -0.2) is 8.42 Å². The highest BCUT2D eigenvalue weighted by Gasteiger charge is 2.71. The zero-order valence-electron chi connectivity index (χ0n) is 20.2. The van der Waals surface area contributed by atoms with Gasteiger partial charge in [-0.15, -0.1) is 0 Å². The maximum Gasteiger partial charge on any atom is 0.430 e. The molecule has 1 rings (SSSR count). The summed E-state index contributed by atoms with van der Waals surface area (Å²) >= 11 is 0. The van der Waals surface area contributed by atoms with Crippen LogP contribution in [0.3, 0.4) is 0 Å². The van der Waals surface area contributed by atoms with Crippen LogP contribution in [0.1, 0.15) is 57.6 Å². The number of benzene rings is 1. The van der Waals surface area contributed by atoms with Gasteiger partial charge in [0.2, 0.25) is 10.0 Å². The van der Waals surface area contributed by atoms with Gasteiger partial charge in [-0.3, -0.25) is 0 Å². The number of rotatable bonds is 9. The molecule has 1 aromatic rings. The molecule has 1 N–H and O–H groups in total. The van der Waals surface area contributed by atoms with Crippen molar-refractivity contribution < 1.29 is 57.8 Å². The number of aliphatic hydroxyl groups is 1. The molecule has 2 atom stereocenters. The van der Waals surface area contributed by atoms with E-state index in [0.717, 1.165) is 7.11 Å². The van der Waals surface area contributed by atoms with Gasteiger partial charge >= 0.3 is 18.5 Å². The molecule has 5 nitrogen and oxygen atoms in total. The maximum absolute atomic E-state index is 12.6. The van der Waals surface area contributed by atoms with Gasteiger partial charge in [-0.1, -0.05) is 45.0 Å². The van der Waals surface area contributed by atoms with E-state index in [1.54, 1.807) is 13.8 Å². The fourth-order valence-electron chi connectivity index (χ4n) is 2.79. The number of sulfonamides is 1. The summed E-state index contributed by atoms with van der Waals surface area (Å²) < 4.78 is 140. The van der Waals surface area contributed by atoms with Gasteiger partial charge in [0.15, 0.2) is 0 Å².